The van der Waals surface area contributed by atoms with Crippen molar-refractivity contribution in [1.82, 2.24) is 0 Å². The molecule has 0 heterocycles. The molecule has 0 atom stereocenters. The molecule has 0 N–H and O–H groups in total. The van der Waals surface area contributed by atoms with Gasteiger partial charge in [-0.3, -0.25) is 0 Å². The second-order valence-corrected chi connectivity index (χ2v) is 4.88. The Balaban J connectivity index is 1.67. The number of rotatable bonds is 6. The van der Waals surface area contributed by atoms with Crippen LogP contribution in [0.3, 0.4) is 0 Å². The van der Waals surface area contributed by atoms with Crippen molar-refractivity contribution in [3.63, 3.8) is 0 Å². The van der Waals surface area contributed by atoms with E-state index >= 15 is 0 Å². The Morgan fingerprint density at radius 1 is 0.667 bits per heavy atom. The van der Waals surface area contributed by atoms with E-state index in [2.05, 4.69) is 38.1 Å². The zero-order chi connectivity index (χ0) is 14.9. The predicted molar refractivity (Wildman–Crippen MR) is 89.7 cm³/mol. The lowest BCUT2D eigenvalue weighted by molar-refractivity contribution is 0.380. The molecule has 106 valence electrons. The summed E-state index contributed by atoms with van der Waals surface area (Å²) in [4.78, 5) is 0. The highest BCUT2D eigenvalue weighted by atomic mass is 16.6. The normalized spacial score (nSPS) is 11.0. The summed E-state index contributed by atoms with van der Waals surface area (Å²) < 4.78 is 10.5. The van der Waals surface area contributed by atoms with E-state index < -0.39 is 0 Å². The van der Waals surface area contributed by atoms with Gasteiger partial charge in [0.1, 0.15) is 0 Å². The molecular weight excluding hydrogens is 259 g/mol. The molecule has 2 aromatic rings. The maximum atomic E-state index is 5.27. The van der Waals surface area contributed by atoms with E-state index in [1.807, 2.05) is 36.4 Å². The second kappa shape index (κ2) is 8.00. The van der Waals surface area contributed by atoms with Crippen LogP contribution in [0.25, 0.3) is 12.2 Å². The van der Waals surface area contributed by atoms with Crippen LogP contribution in [0.5, 0.6) is 0 Å². The maximum Gasteiger partial charge on any atom is 0.575 e. The van der Waals surface area contributed by atoms with Crippen molar-refractivity contribution in [2.24, 2.45) is 0 Å². The maximum absolute atomic E-state index is 5.27. The quantitative estimate of drug-likeness (QED) is 0.447. The number of benzene rings is 2. The molecule has 0 radical (unpaired) electrons. The van der Waals surface area contributed by atoms with Gasteiger partial charge in [-0.1, -0.05) is 59.7 Å². The standard InChI is InChI=1S/C18H19BO2/c1-15-3-7-17(8-4-15)11-13-20-19-21-14-12-18-9-5-16(2)6-10-18/h3-14,19H,1-2H3. The summed E-state index contributed by atoms with van der Waals surface area (Å²) in [6.45, 7) is 4.14. The van der Waals surface area contributed by atoms with E-state index in [9.17, 15) is 0 Å². The number of aryl methyl sites for hydroxylation is 2. The molecule has 0 fully saturated rings. The van der Waals surface area contributed by atoms with Crippen molar-refractivity contribution >= 4 is 19.8 Å². The molecule has 0 aromatic heterocycles. The third-order valence-electron chi connectivity index (χ3n) is 3.00. The van der Waals surface area contributed by atoms with E-state index in [0.29, 0.717) is 0 Å². The van der Waals surface area contributed by atoms with Crippen LogP contribution in [0.1, 0.15) is 22.3 Å². The molecular formula is C18H19BO2. The molecule has 2 rings (SSSR count). The van der Waals surface area contributed by atoms with Gasteiger partial charge in [-0.25, -0.2) is 0 Å². The predicted octanol–water partition coefficient (Wildman–Crippen LogP) is 4.24. The topological polar surface area (TPSA) is 18.5 Å². The fraction of sp³-hybridized carbons (Fsp3) is 0.111. The molecule has 0 aliphatic carbocycles. The minimum Gasteiger partial charge on any atom is -0.535 e. The van der Waals surface area contributed by atoms with Crippen LogP contribution in [-0.4, -0.2) is 7.69 Å². The average Bonchev–Trinajstić information content (AvgIpc) is 2.50. The first-order valence-corrected chi connectivity index (χ1v) is 6.94. The molecule has 0 aliphatic rings. The van der Waals surface area contributed by atoms with E-state index in [1.54, 1.807) is 12.5 Å². The summed E-state index contributed by atoms with van der Waals surface area (Å²) in [7, 11) is 0.199. The van der Waals surface area contributed by atoms with Crippen LogP contribution in [0.2, 0.25) is 0 Å². The molecule has 2 nitrogen and oxygen atoms in total. The first-order chi connectivity index (χ1) is 10.2. The van der Waals surface area contributed by atoms with Gasteiger partial charge < -0.3 is 9.31 Å². The highest BCUT2D eigenvalue weighted by molar-refractivity contribution is 6.18. The van der Waals surface area contributed by atoms with Crippen LogP contribution in [-0.2, 0) is 9.31 Å². The second-order valence-electron chi connectivity index (χ2n) is 4.88. The first-order valence-electron chi connectivity index (χ1n) is 6.94. The zero-order valence-corrected chi connectivity index (χ0v) is 12.5. The largest absolute Gasteiger partial charge is 0.575 e. The molecule has 0 amide bonds. The van der Waals surface area contributed by atoms with Gasteiger partial charge in [-0.15, -0.1) is 0 Å². The lowest BCUT2D eigenvalue weighted by atomic mass is 10.1. The SMILES string of the molecule is Cc1ccc(C=COBOC=Cc2ccc(C)cc2)cc1. The van der Waals surface area contributed by atoms with Gasteiger partial charge >= 0.3 is 7.69 Å². The zero-order valence-electron chi connectivity index (χ0n) is 12.5. The van der Waals surface area contributed by atoms with Crippen LogP contribution in [0.4, 0.5) is 0 Å². The molecule has 0 spiro atoms. The summed E-state index contributed by atoms with van der Waals surface area (Å²) in [6.07, 6.45) is 7.10. The molecule has 0 bridgehead atoms. The van der Waals surface area contributed by atoms with Gasteiger partial charge in [0.2, 0.25) is 0 Å². The van der Waals surface area contributed by atoms with Crippen LogP contribution < -0.4 is 0 Å². The highest BCUT2D eigenvalue weighted by Gasteiger charge is 1.90. The minimum absolute atomic E-state index is 0.199. The van der Waals surface area contributed by atoms with Crippen molar-refractivity contribution in [1.29, 1.82) is 0 Å². The van der Waals surface area contributed by atoms with E-state index in [0.717, 1.165) is 11.1 Å². The summed E-state index contributed by atoms with van der Waals surface area (Å²) >= 11 is 0. The van der Waals surface area contributed by atoms with Crippen molar-refractivity contribution in [3.8, 4) is 0 Å². The Morgan fingerprint density at radius 3 is 1.43 bits per heavy atom. The van der Waals surface area contributed by atoms with Gasteiger partial charge in [0.05, 0.1) is 12.5 Å². The molecule has 0 aliphatic heterocycles. The molecule has 21 heavy (non-hydrogen) atoms. The summed E-state index contributed by atoms with van der Waals surface area (Å²) in [6, 6.07) is 16.5. The van der Waals surface area contributed by atoms with Crippen LogP contribution >= 0.6 is 0 Å². The minimum atomic E-state index is 0.199. The Morgan fingerprint density at radius 2 is 1.05 bits per heavy atom. The molecule has 0 saturated heterocycles. The lowest BCUT2D eigenvalue weighted by Gasteiger charge is -1.99. The number of hydrogen-bond donors (Lipinski definition) is 0. The van der Waals surface area contributed by atoms with Gasteiger partial charge in [0.25, 0.3) is 0 Å². The van der Waals surface area contributed by atoms with Gasteiger partial charge in [0, 0.05) is 0 Å². The van der Waals surface area contributed by atoms with E-state index in [4.69, 9.17) is 9.31 Å². The highest BCUT2D eigenvalue weighted by Crippen LogP contribution is 2.06. The fourth-order valence-electron chi connectivity index (χ4n) is 1.73. The van der Waals surface area contributed by atoms with E-state index in [-0.39, 0.29) is 7.69 Å². The molecule has 0 saturated carbocycles. The van der Waals surface area contributed by atoms with E-state index in [1.165, 1.54) is 11.1 Å². The Hall–Kier alpha value is -2.42. The van der Waals surface area contributed by atoms with Crippen molar-refractivity contribution in [2.45, 2.75) is 13.8 Å². The van der Waals surface area contributed by atoms with Crippen LogP contribution in [0.15, 0.2) is 61.1 Å². The summed E-state index contributed by atoms with van der Waals surface area (Å²) in [5, 5.41) is 0. The van der Waals surface area contributed by atoms with Gasteiger partial charge in [0.15, 0.2) is 0 Å². The number of hydrogen-bond acceptors (Lipinski definition) is 2. The lowest BCUT2D eigenvalue weighted by Crippen LogP contribution is -1.93. The van der Waals surface area contributed by atoms with Crippen molar-refractivity contribution in [2.75, 3.05) is 0 Å². The molecule has 3 heteroatoms. The Labute approximate surface area is 127 Å². The third kappa shape index (κ3) is 5.61. The van der Waals surface area contributed by atoms with Gasteiger partial charge in [-0.2, -0.15) is 0 Å². The Kier molecular flexibility index (Phi) is 5.71. The molecule has 2 aromatic carbocycles. The smallest absolute Gasteiger partial charge is 0.535 e. The van der Waals surface area contributed by atoms with Gasteiger partial charge in [-0.05, 0) is 37.1 Å². The molecule has 0 unspecified atom stereocenters. The summed E-state index contributed by atoms with van der Waals surface area (Å²) in [5.74, 6) is 0. The average molecular weight is 278 g/mol. The first kappa shape index (κ1) is 15.0. The van der Waals surface area contributed by atoms with Crippen molar-refractivity contribution < 1.29 is 9.31 Å². The fourth-order valence-corrected chi connectivity index (χ4v) is 1.73. The summed E-state index contributed by atoms with van der Waals surface area (Å²) in [5.41, 5.74) is 4.71. The monoisotopic (exact) mass is 278 g/mol. The Bertz CT molecular complexity index is 543. The van der Waals surface area contributed by atoms with Crippen molar-refractivity contribution in [3.05, 3.63) is 83.3 Å². The third-order valence-corrected chi connectivity index (χ3v) is 3.00. The van der Waals surface area contributed by atoms with Crippen LogP contribution in [0, 0.1) is 13.8 Å².